The van der Waals surface area contributed by atoms with Crippen molar-refractivity contribution >= 4 is 12.1 Å². The van der Waals surface area contributed by atoms with Crippen LogP contribution >= 0.6 is 0 Å². The quantitative estimate of drug-likeness (QED) is 0.519. The van der Waals surface area contributed by atoms with Crippen LogP contribution in [0.25, 0.3) is 0 Å². The number of carbonyl (C=O) groups excluding carboxylic acids is 2. The lowest BCUT2D eigenvalue weighted by atomic mass is 9.66. The summed E-state index contributed by atoms with van der Waals surface area (Å²) in [6.07, 6.45) is 4.80. The average Bonchev–Trinajstić information content (AvgIpc) is 2.28. The number of hydrogen-bond donors (Lipinski definition) is 0. The van der Waals surface area contributed by atoms with Gasteiger partial charge in [0.1, 0.15) is 6.10 Å². The molecule has 94 valence electrons. The van der Waals surface area contributed by atoms with Crippen LogP contribution in [-0.2, 0) is 14.3 Å². The van der Waals surface area contributed by atoms with Crippen LogP contribution in [0, 0.1) is 17.3 Å². The summed E-state index contributed by atoms with van der Waals surface area (Å²) in [5.41, 5.74) is 0.411. The summed E-state index contributed by atoms with van der Waals surface area (Å²) in [5, 5.41) is 0. The fourth-order valence-corrected chi connectivity index (χ4v) is 2.89. The normalized spacial score (nSPS) is 33.5. The summed E-state index contributed by atoms with van der Waals surface area (Å²) >= 11 is 0. The van der Waals surface area contributed by atoms with Crippen molar-refractivity contribution in [2.75, 3.05) is 0 Å². The summed E-state index contributed by atoms with van der Waals surface area (Å²) in [6, 6.07) is 0. The SMILES string of the molecule is CC(C)(C)C1CCC2OC=C(C=O)C(=O)C2C1. The van der Waals surface area contributed by atoms with Gasteiger partial charge in [0, 0.05) is 0 Å². The highest BCUT2D eigenvalue weighted by Gasteiger charge is 2.42. The van der Waals surface area contributed by atoms with E-state index in [-0.39, 0.29) is 28.8 Å². The fourth-order valence-electron chi connectivity index (χ4n) is 2.89. The molecule has 17 heavy (non-hydrogen) atoms. The Morgan fingerprint density at radius 2 is 2.06 bits per heavy atom. The zero-order chi connectivity index (χ0) is 12.6. The van der Waals surface area contributed by atoms with Gasteiger partial charge in [-0.3, -0.25) is 9.59 Å². The number of fused-ring (bicyclic) bond motifs is 1. The number of allylic oxidation sites excluding steroid dienone is 1. The minimum Gasteiger partial charge on any atom is -0.496 e. The highest BCUT2D eigenvalue weighted by Crippen LogP contribution is 2.43. The molecule has 1 fully saturated rings. The molecule has 3 unspecified atom stereocenters. The first-order chi connectivity index (χ1) is 7.93. The number of Topliss-reactive ketones (excluding diaryl/α,β-unsaturated/α-hetero) is 1. The first-order valence-electron chi connectivity index (χ1n) is 6.28. The highest BCUT2D eigenvalue weighted by atomic mass is 16.5. The van der Waals surface area contributed by atoms with E-state index in [0.717, 1.165) is 19.3 Å². The predicted molar refractivity (Wildman–Crippen MR) is 64.3 cm³/mol. The number of hydrogen-bond acceptors (Lipinski definition) is 3. The summed E-state index contributed by atoms with van der Waals surface area (Å²) in [6.45, 7) is 6.63. The van der Waals surface area contributed by atoms with E-state index in [9.17, 15) is 9.59 Å². The zero-order valence-electron chi connectivity index (χ0n) is 10.7. The summed E-state index contributed by atoms with van der Waals surface area (Å²) in [5.74, 6) is 0.394. The molecule has 0 aromatic rings. The Bertz CT molecular complexity index is 362. The number of rotatable bonds is 1. The second kappa shape index (κ2) is 4.28. The van der Waals surface area contributed by atoms with Crippen LogP contribution in [0.2, 0.25) is 0 Å². The lowest BCUT2D eigenvalue weighted by molar-refractivity contribution is -0.130. The lowest BCUT2D eigenvalue weighted by Gasteiger charge is -2.42. The minimum absolute atomic E-state index is 0.00944. The third-order valence-corrected chi connectivity index (χ3v) is 4.13. The average molecular weight is 236 g/mol. The molecule has 0 amide bonds. The van der Waals surface area contributed by atoms with Gasteiger partial charge < -0.3 is 4.74 Å². The van der Waals surface area contributed by atoms with Gasteiger partial charge in [0.05, 0.1) is 17.8 Å². The molecule has 3 atom stereocenters. The van der Waals surface area contributed by atoms with E-state index in [1.165, 1.54) is 6.26 Å². The Labute approximate surface area is 102 Å². The summed E-state index contributed by atoms with van der Waals surface area (Å²) in [4.78, 5) is 22.8. The van der Waals surface area contributed by atoms with Crippen molar-refractivity contribution in [3.05, 3.63) is 11.8 Å². The number of aldehydes is 1. The van der Waals surface area contributed by atoms with Crippen LogP contribution in [0.5, 0.6) is 0 Å². The highest BCUT2D eigenvalue weighted by molar-refractivity contribution is 6.13. The first kappa shape index (κ1) is 12.3. The van der Waals surface area contributed by atoms with Crippen molar-refractivity contribution in [1.82, 2.24) is 0 Å². The smallest absolute Gasteiger partial charge is 0.176 e. The number of carbonyl (C=O) groups is 2. The summed E-state index contributed by atoms with van der Waals surface area (Å²) in [7, 11) is 0. The molecule has 0 radical (unpaired) electrons. The Kier molecular flexibility index (Phi) is 3.11. The van der Waals surface area contributed by atoms with Crippen LogP contribution in [0.3, 0.4) is 0 Å². The molecule has 1 heterocycles. The maximum absolute atomic E-state index is 12.1. The van der Waals surface area contributed by atoms with Gasteiger partial charge in [0.2, 0.25) is 0 Å². The molecule has 1 saturated carbocycles. The van der Waals surface area contributed by atoms with E-state index in [1.807, 2.05) is 0 Å². The van der Waals surface area contributed by atoms with E-state index in [0.29, 0.717) is 12.2 Å². The van der Waals surface area contributed by atoms with Crippen LogP contribution in [0.1, 0.15) is 40.0 Å². The Morgan fingerprint density at radius 3 is 2.65 bits per heavy atom. The molecular weight excluding hydrogens is 216 g/mol. The predicted octanol–water partition coefficient (Wildman–Crippen LogP) is 2.50. The molecule has 0 N–H and O–H groups in total. The molecule has 1 aliphatic carbocycles. The van der Waals surface area contributed by atoms with E-state index in [1.54, 1.807) is 0 Å². The third kappa shape index (κ3) is 2.28. The van der Waals surface area contributed by atoms with Gasteiger partial charge >= 0.3 is 0 Å². The molecule has 0 saturated heterocycles. The molecular formula is C14H20O3. The number of ether oxygens (including phenoxy) is 1. The van der Waals surface area contributed by atoms with Gasteiger partial charge in [0.15, 0.2) is 12.1 Å². The maximum atomic E-state index is 12.1. The van der Waals surface area contributed by atoms with Crippen molar-refractivity contribution in [2.24, 2.45) is 17.3 Å². The lowest BCUT2D eigenvalue weighted by Crippen LogP contribution is -2.42. The molecule has 0 bridgehead atoms. The molecule has 0 spiro atoms. The van der Waals surface area contributed by atoms with Crippen molar-refractivity contribution < 1.29 is 14.3 Å². The molecule has 0 aromatic heterocycles. The van der Waals surface area contributed by atoms with Crippen LogP contribution in [0.15, 0.2) is 11.8 Å². The largest absolute Gasteiger partial charge is 0.496 e. The zero-order valence-corrected chi connectivity index (χ0v) is 10.7. The molecule has 3 nitrogen and oxygen atoms in total. The monoisotopic (exact) mass is 236 g/mol. The second-order valence-electron chi connectivity index (χ2n) is 6.21. The maximum Gasteiger partial charge on any atom is 0.176 e. The minimum atomic E-state index is -0.113. The molecule has 2 aliphatic rings. The second-order valence-corrected chi connectivity index (χ2v) is 6.21. The van der Waals surface area contributed by atoms with Gasteiger partial charge in [-0.05, 0) is 30.6 Å². The van der Waals surface area contributed by atoms with Crippen molar-refractivity contribution in [1.29, 1.82) is 0 Å². The first-order valence-corrected chi connectivity index (χ1v) is 6.28. The molecule has 0 aromatic carbocycles. The Hall–Kier alpha value is -1.12. The van der Waals surface area contributed by atoms with Gasteiger partial charge in [-0.1, -0.05) is 20.8 Å². The van der Waals surface area contributed by atoms with Crippen molar-refractivity contribution in [3.63, 3.8) is 0 Å². The number of ketones is 1. The van der Waals surface area contributed by atoms with Gasteiger partial charge in [-0.15, -0.1) is 0 Å². The van der Waals surface area contributed by atoms with Crippen molar-refractivity contribution in [2.45, 2.75) is 46.1 Å². The molecule has 2 rings (SSSR count). The van der Waals surface area contributed by atoms with E-state index in [4.69, 9.17) is 4.74 Å². The topological polar surface area (TPSA) is 43.4 Å². The summed E-state index contributed by atoms with van der Waals surface area (Å²) < 4.78 is 5.50. The third-order valence-electron chi connectivity index (χ3n) is 4.13. The van der Waals surface area contributed by atoms with E-state index in [2.05, 4.69) is 20.8 Å². The fraction of sp³-hybridized carbons (Fsp3) is 0.714. The van der Waals surface area contributed by atoms with Crippen molar-refractivity contribution in [3.8, 4) is 0 Å². The van der Waals surface area contributed by atoms with Gasteiger partial charge in [-0.2, -0.15) is 0 Å². The Balaban J connectivity index is 2.16. The van der Waals surface area contributed by atoms with Crippen LogP contribution < -0.4 is 0 Å². The molecule has 1 aliphatic heterocycles. The van der Waals surface area contributed by atoms with E-state index < -0.39 is 0 Å². The van der Waals surface area contributed by atoms with Crippen LogP contribution in [-0.4, -0.2) is 18.2 Å². The Morgan fingerprint density at radius 1 is 1.35 bits per heavy atom. The van der Waals surface area contributed by atoms with Crippen LogP contribution in [0.4, 0.5) is 0 Å². The van der Waals surface area contributed by atoms with Gasteiger partial charge in [0.25, 0.3) is 0 Å². The van der Waals surface area contributed by atoms with Gasteiger partial charge in [-0.25, -0.2) is 0 Å². The molecule has 3 heteroatoms. The van der Waals surface area contributed by atoms with E-state index >= 15 is 0 Å². The standard InChI is InChI=1S/C14H20O3/c1-14(2,3)10-4-5-12-11(6-10)13(16)9(7-15)8-17-12/h7-8,10-12H,4-6H2,1-3H3.